The molecule has 2 aromatic rings. The highest BCUT2D eigenvalue weighted by atomic mass is 14.9. The van der Waals surface area contributed by atoms with E-state index in [0.717, 1.165) is 23.7 Å². The summed E-state index contributed by atoms with van der Waals surface area (Å²) in [5.74, 6) is 1.74. The smallest absolute Gasteiger partial charge is 0.159 e. The molecule has 0 spiro atoms. The maximum Gasteiger partial charge on any atom is 0.159 e. The van der Waals surface area contributed by atoms with Crippen LogP contribution in [0.5, 0.6) is 0 Å². The van der Waals surface area contributed by atoms with E-state index in [1.165, 1.54) is 113 Å². The average Bonchev–Trinajstić information content (AvgIpc) is 2.81. The lowest BCUT2D eigenvalue weighted by atomic mass is 9.84. The summed E-state index contributed by atoms with van der Waals surface area (Å²) in [5, 5.41) is 0. The highest BCUT2D eigenvalue weighted by Gasteiger charge is 2.20. The molecular weight excluding hydrogens is 376 g/mol. The molecule has 0 radical (unpaired) electrons. The van der Waals surface area contributed by atoms with Gasteiger partial charge < -0.3 is 0 Å². The highest BCUT2D eigenvalue weighted by molar-refractivity contribution is 5.55. The van der Waals surface area contributed by atoms with Gasteiger partial charge >= 0.3 is 0 Å². The molecule has 0 saturated carbocycles. The Morgan fingerprint density at radius 1 is 0.806 bits per heavy atom. The van der Waals surface area contributed by atoms with Gasteiger partial charge in [-0.3, -0.25) is 0 Å². The van der Waals surface area contributed by atoms with Crippen molar-refractivity contribution >= 4 is 0 Å². The van der Waals surface area contributed by atoms with E-state index in [0.29, 0.717) is 0 Å². The number of benzene rings is 1. The zero-order valence-corrected chi connectivity index (χ0v) is 20.2. The Morgan fingerprint density at radius 3 is 2.23 bits per heavy atom. The number of nitrogens with zero attached hydrogens (tertiary/aromatic N) is 2. The Morgan fingerprint density at radius 2 is 1.48 bits per heavy atom. The largest absolute Gasteiger partial charge is 0.236 e. The topological polar surface area (TPSA) is 25.8 Å². The van der Waals surface area contributed by atoms with Crippen molar-refractivity contribution < 1.29 is 0 Å². The van der Waals surface area contributed by atoms with Crippen LogP contribution in [0.2, 0.25) is 0 Å². The fourth-order valence-electron chi connectivity index (χ4n) is 4.93. The predicted octanol–water partition coefficient (Wildman–Crippen LogP) is 8.51. The van der Waals surface area contributed by atoms with E-state index in [4.69, 9.17) is 9.97 Å². The van der Waals surface area contributed by atoms with Gasteiger partial charge in [0.2, 0.25) is 0 Å². The Kier molecular flexibility index (Phi) is 10.6. The molecule has 0 saturated heterocycles. The third-order valence-electron chi connectivity index (χ3n) is 7.00. The Balaban J connectivity index is 1.46. The first-order valence-electron chi connectivity index (χ1n) is 13.2. The Labute approximate surface area is 191 Å². The van der Waals surface area contributed by atoms with Crippen LogP contribution < -0.4 is 0 Å². The van der Waals surface area contributed by atoms with E-state index in [1.807, 2.05) is 0 Å². The van der Waals surface area contributed by atoms with E-state index in [9.17, 15) is 0 Å². The lowest BCUT2D eigenvalue weighted by molar-refractivity contribution is 0.400. The van der Waals surface area contributed by atoms with Crippen molar-refractivity contribution in [3.05, 3.63) is 47.3 Å². The number of hydrogen-bond acceptors (Lipinski definition) is 2. The minimum Gasteiger partial charge on any atom is -0.236 e. The predicted molar refractivity (Wildman–Crippen MR) is 133 cm³/mol. The summed E-state index contributed by atoms with van der Waals surface area (Å²) in [6.07, 6.45) is 23.4. The summed E-state index contributed by atoms with van der Waals surface area (Å²) >= 11 is 0. The molecule has 0 amide bonds. The maximum absolute atomic E-state index is 4.96. The molecule has 1 aromatic carbocycles. The summed E-state index contributed by atoms with van der Waals surface area (Å²) in [7, 11) is 0. The molecule has 0 N–H and O–H groups in total. The van der Waals surface area contributed by atoms with Crippen LogP contribution in [-0.4, -0.2) is 9.97 Å². The quantitative estimate of drug-likeness (QED) is 0.286. The number of aromatic nitrogens is 2. The zero-order chi connectivity index (χ0) is 21.7. The average molecular weight is 421 g/mol. The summed E-state index contributed by atoms with van der Waals surface area (Å²) in [4.78, 5) is 9.70. The van der Waals surface area contributed by atoms with Gasteiger partial charge in [-0.1, -0.05) is 109 Å². The molecule has 1 heterocycles. The summed E-state index contributed by atoms with van der Waals surface area (Å²) in [6, 6.07) is 8.98. The molecule has 3 rings (SSSR count). The number of fused-ring (bicyclic) bond motifs is 1. The van der Waals surface area contributed by atoms with Crippen molar-refractivity contribution in [3.8, 4) is 11.4 Å². The molecule has 2 nitrogen and oxygen atoms in total. The monoisotopic (exact) mass is 420 g/mol. The van der Waals surface area contributed by atoms with Gasteiger partial charge in [0, 0.05) is 17.5 Å². The second-order valence-electron chi connectivity index (χ2n) is 9.69. The molecule has 170 valence electrons. The van der Waals surface area contributed by atoms with Crippen molar-refractivity contribution in [2.45, 2.75) is 117 Å². The molecule has 0 aliphatic heterocycles. The van der Waals surface area contributed by atoms with Gasteiger partial charge in [0.05, 0.1) is 0 Å². The molecule has 2 heteroatoms. The van der Waals surface area contributed by atoms with Gasteiger partial charge in [0.15, 0.2) is 5.82 Å². The Bertz CT molecular complexity index is 750. The fraction of sp³-hybridized carbons (Fsp3) is 0.655. The molecular formula is C29H44N2. The third-order valence-corrected chi connectivity index (χ3v) is 7.00. The summed E-state index contributed by atoms with van der Waals surface area (Å²) in [6.45, 7) is 4.56. The molecule has 1 aromatic heterocycles. The van der Waals surface area contributed by atoms with Crippen LogP contribution in [0.4, 0.5) is 0 Å². The van der Waals surface area contributed by atoms with Crippen LogP contribution in [0.15, 0.2) is 30.5 Å². The molecule has 1 unspecified atom stereocenters. The molecule has 1 aliphatic rings. The SMILES string of the molecule is CCCCCCCCC1CCc2nc(-c3ccc(CCCCCCC)cc3)ncc2C1. The normalized spacial score (nSPS) is 15.7. The maximum atomic E-state index is 4.96. The van der Waals surface area contributed by atoms with E-state index in [1.54, 1.807) is 0 Å². The fourth-order valence-corrected chi connectivity index (χ4v) is 4.93. The molecule has 31 heavy (non-hydrogen) atoms. The number of unbranched alkanes of at least 4 members (excludes halogenated alkanes) is 9. The van der Waals surface area contributed by atoms with Crippen molar-refractivity contribution in [1.29, 1.82) is 0 Å². The van der Waals surface area contributed by atoms with Crippen molar-refractivity contribution in [2.24, 2.45) is 5.92 Å². The summed E-state index contributed by atoms with van der Waals surface area (Å²) in [5.41, 5.74) is 5.29. The molecule has 1 atom stereocenters. The molecule has 0 bridgehead atoms. The Hall–Kier alpha value is -1.70. The second kappa shape index (κ2) is 13.7. The first-order chi connectivity index (χ1) is 15.3. The minimum atomic E-state index is 0.838. The minimum absolute atomic E-state index is 0.838. The first kappa shape index (κ1) is 24.0. The third kappa shape index (κ3) is 8.05. The zero-order valence-electron chi connectivity index (χ0n) is 20.2. The van der Waals surface area contributed by atoms with Gasteiger partial charge in [0.25, 0.3) is 0 Å². The first-order valence-corrected chi connectivity index (χ1v) is 13.2. The van der Waals surface area contributed by atoms with Crippen LogP contribution in [0, 0.1) is 5.92 Å². The summed E-state index contributed by atoms with van der Waals surface area (Å²) < 4.78 is 0. The van der Waals surface area contributed by atoms with Crippen LogP contribution in [0.3, 0.4) is 0 Å². The van der Waals surface area contributed by atoms with Crippen LogP contribution >= 0.6 is 0 Å². The number of aryl methyl sites for hydroxylation is 2. The highest BCUT2D eigenvalue weighted by Crippen LogP contribution is 2.29. The van der Waals surface area contributed by atoms with E-state index in [-0.39, 0.29) is 0 Å². The van der Waals surface area contributed by atoms with Crippen LogP contribution in [0.25, 0.3) is 11.4 Å². The lowest BCUT2D eigenvalue weighted by Gasteiger charge is -2.24. The van der Waals surface area contributed by atoms with Gasteiger partial charge in [-0.2, -0.15) is 0 Å². The van der Waals surface area contributed by atoms with Gasteiger partial charge in [-0.05, 0) is 49.1 Å². The van der Waals surface area contributed by atoms with Crippen LogP contribution in [-0.2, 0) is 19.3 Å². The number of rotatable bonds is 14. The van der Waals surface area contributed by atoms with E-state index >= 15 is 0 Å². The van der Waals surface area contributed by atoms with Crippen molar-refractivity contribution in [1.82, 2.24) is 9.97 Å². The standard InChI is InChI=1S/C29H44N2/c1-3-5-7-9-11-13-15-25-18-21-28-27(22-25)23-30-29(31-28)26-19-16-24(17-20-26)14-12-10-8-6-4-2/h16-17,19-20,23,25H,3-15,18,21-22H2,1-2H3. The van der Waals surface area contributed by atoms with Gasteiger partial charge in [-0.25, -0.2) is 9.97 Å². The van der Waals surface area contributed by atoms with Gasteiger partial charge in [-0.15, -0.1) is 0 Å². The van der Waals surface area contributed by atoms with E-state index < -0.39 is 0 Å². The van der Waals surface area contributed by atoms with Crippen molar-refractivity contribution in [2.75, 3.05) is 0 Å². The molecule has 1 aliphatic carbocycles. The number of hydrogen-bond donors (Lipinski definition) is 0. The van der Waals surface area contributed by atoms with Gasteiger partial charge in [0.1, 0.15) is 0 Å². The second-order valence-corrected chi connectivity index (χ2v) is 9.69. The van der Waals surface area contributed by atoms with Crippen LogP contribution in [0.1, 0.15) is 114 Å². The van der Waals surface area contributed by atoms with Crippen molar-refractivity contribution in [3.63, 3.8) is 0 Å². The lowest BCUT2D eigenvalue weighted by Crippen LogP contribution is -2.16. The molecule has 0 fully saturated rings. The van der Waals surface area contributed by atoms with E-state index in [2.05, 4.69) is 44.3 Å².